The number of likely N-dealkylation sites (tertiary alicyclic amines) is 1. The van der Waals surface area contributed by atoms with Crippen molar-refractivity contribution in [2.75, 3.05) is 20.2 Å². The highest BCUT2D eigenvalue weighted by Crippen LogP contribution is 2.29. The molecule has 1 aromatic heterocycles. The van der Waals surface area contributed by atoms with Crippen molar-refractivity contribution in [2.45, 2.75) is 18.8 Å². The van der Waals surface area contributed by atoms with Crippen LogP contribution >= 0.6 is 0 Å². The number of aromatic nitrogens is 1. The first-order valence-electron chi connectivity index (χ1n) is 7.62. The molecule has 1 aliphatic heterocycles. The zero-order chi connectivity index (χ0) is 15.4. The molecule has 0 spiro atoms. The van der Waals surface area contributed by atoms with Crippen molar-refractivity contribution >= 4 is 5.91 Å². The molecule has 0 atom stereocenters. The average molecular weight is 296 g/mol. The largest absolute Gasteiger partial charge is 0.497 e. The first kappa shape index (κ1) is 14.6. The van der Waals surface area contributed by atoms with Crippen LogP contribution in [0.1, 0.15) is 34.8 Å². The third kappa shape index (κ3) is 3.11. The summed E-state index contributed by atoms with van der Waals surface area (Å²) in [5.74, 6) is 1.43. The van der Waals surface area contributed by atoms with Gasteiger partial charge in [0.25, 0.3) is 5.91 Å². The van der Waals surface area contributed by atoms with E-state index in [4.69, 9.17) is 4.74 Å². The van der Waals surface area contributed by atoms with E-state index in [9.17, 15) is 4.79 Å². The number of amides is 1. The lowest BCUT2D eigenvalue weighted by Crippen LogP contribution is -2.38. The van der Waals surface area contributed by atoms with E-state index < -0.39 is 0 Å². The third-order valence-electron chi connectivity index (χ3n) is 4.25. The number of benzene rings is 1. The SMILES string of the molecule is COc1ccc(C2CCN(C(=O)c3ccccn3)CC2)cc1. The van der Waals surface area contributed by atoms with Gasteiger partial charge < -0.3 is 9.64 Å². The van der Waals surface area contributed by atoms with Crippen molar-refractivity contribution in [3.63, 3.8) is 0 Å². The van der Waals surface area contributed by atoms with Crippen molar-refractivity contribution in [3.8, 4) is 5.75 Å². The molecule has 3 rings (SSSR count). The summed E-state index contributed by atoms with van der Waals surface area (Å²) in [7, 11) is 1.68. The summed E-state index contributed by atoms with van der Waals surface area (Å²) >= 11 is 0. The normalized spacial score (nSPS) is 15.6. The molecule has 0 N–H and O–H groups in total. The van der Waals surface area contributed by atoms with Crippen LogP contribution in [0.5, 0.6) is 5.75 Å². The summed E-state index contributed by atoms with van der Waals surface area (Å²) in [5.41, 5.74) is 1.86. The van der Waals surface area contributed by atoms with Gasteiger partial charge in [0.05, 0.1) is 7.11 Å². The van der Waals surface area contributed by atoms with Gasteiger partial charge in [-0.15, -0.1) is 0 Å². The van der Waals surface area contributed by atoms with Crippen LogP contribution in [0, 0.1) is 0 Å². The second-order valence-corrected chi connectivity index (χ2v) is 5.55. The summed E-state index contributed by atoms with van der Waals surface area (Å²) in [6.07, 6.45) is 3.65. The third-order valence-corrected chi connectivity index (χ3v) is 4.25. The van der Waals surface area contributed by atoms with E-state index in [1.165, 1.54) is 5.56 Å². The number of hydrogen-bond acceptors (Lipinski definition) is 3. The Hall–Kier alpha value is -2.36. The van der Waals surface area contributed by atoms with E-state index in [2.05, 4.69) is 17.1 Å². The number of rotatable bonds is 3. The maximum atomic E-state index is 12.4. The van der Waals surface area contributed by atoms with Crippen LogP contribution < -0.4 is 4.74 Å². The topological polar surface area (TPSA) is 42.4 Å². The number of pyridine rings is 1. The number of piperidine rings is 1. The number of methoxy groups -OCH3 is 1. The second-order valence-electron chi connectivity index (χ2n) is 5.55. The highest BCUT2D eigenvalue weighted by atomic mass is 16.5. The average Bonchev–Trinajstić information content (AvgIpc) is 2.62. The Labute approximate surface area is 130 Å². The summed E-state index contributed by atoms with van der Waals surface area (Å²) in [5, 5.41) is 0. The standard InChI is InChI=1S/C18H20N2O2/c1-22-16-7-5-14(6-8-16)15-9-12-20(13-10-15)18(21)17-4-2-3-11-19-17/h2-8,11,15H,9-10,12-13H2,1H3. The molecule has 114 valence electrons. The number of ether oxygens (including phenoxy) is 1. The van der Waals surface area contributed by atoms with Crippen molar-refractivity contribution in [3.05, 3.63) is 59.9 Å². The van der Waals surface area contributed by atoms with Gasteiger partial charge in [-0.3, -0.25) is 9.78 Å². The summed E-state index contributed by atoms with van der Waals surface area (Å²) < 4.78 is 5.19. The molecule has 1 fully saturated rings. The fourth-order valence-corrected chi connectivity index (χ4v) is 2.94. The maximum Gasteiger partial charge on any atom is 0.272 e. The minimum Gasteiger partial charge on any atom is -0.497 e. The molecule has 0 radical (unpaired) electrons. The minimum absolute atomic E-state index is 0.0359. The summed E-state index contributed by atoms with van der Waals surface area (Å²) in [4.78, 5) is 18.4. The molecular formula is C18H20N2O2. The van der Waals surface area contributed by atoms with E-state index in [0.717, 1.165) is 31.7 Å². The van der Waals surface area contributed by atoms with Gasteiger partial charge in [0, 0.05) is 19.3 Å². The predicted octanol–water partition coefficient (Wildman–Crippen LogP) is 3.11. The van der Waals surface area contributed by atoms with E-state index in [1.54, 1.807) is 19.4 Å². The quantitative estimate of drug-likeness (QED) is 0.874. The molecule has 2 aromatic rings. The van der Waals surface area contributed by atoms with Gasteiger partial charge in [-0.25, -0.2) is 0 Å². The van der Waals surface area contributed by atoms with Gasteiger partial charge in [-0.1, -0.05) is 18.2 Å². The van der Waals surface area contributed by atoms with Crippen LogP contribution in [-0.2, 0) is 0 Å². The van der Waals surface area contributed by atoms with E-state index in [-0.39, 0.29) is 5.91 Å². The first-order valence-corrected chi connectivity index (χ1v) is 7.62. The van der Waals surface area contributed by atoms with Crippen LogP contribution in [0.2, 0.25) is 0 Å². The van der Waals surface area contributed by atoms with Crippen LogP contribution in [0.15, 0.2) is 48.7 Å². The van der Waals surface area contributed by atoms with Crippen molar-refractivity contribution in [1.29, 1.82) is 0 Å². The molecule has 0 saturated carbocycles. The lowest BCUT2D eigenvalue weighted by Gasteiger charge is -2.32. The molecule has 4 heteroatoms. The van der Waals surface area contributed by atoms with Gasteiger partial charge in [-0.2, -0.15) is 0 Å². The lowest BCUT2D eigenvalue weighted by molar-refractivity contribution is 0.0707. The van der Waals surface area contributed by atoms with Crippen LogP contribution in [0.4, 0.5) is 0 Å². The summed E-state index contributed by atoms with van der Waals surface area (Å²) in [6.45, 7) is 1.57. The molecule has 4 nitrogen and oxygen atoms in total. The highest BCUT2D eigenvalue weighted by Gasteiger charge is 2.25. The number of nitrogens with zero attached hydrogens (tertiary/aromatic N) is 2. The molecular weight excluding hydrogens is 276 g/mol. The molecule has 0 bridgehead atoms. The molecule has 1 saturated heterocycles. The van der Waals surface area contributed by atoms with Gasteiger partial charge in [0.1, 0.15) is 11.4 Å². The zero-order valence-electron chi connectivity index (χ0n) is 12.7. The Kier molecular flexibility index (Phi) is 4.37. The fourth-order valence-electron chi connectivity index (χ4n) is 2.94. The van der Waals surface area contributed by atoms with Gasteiger partial charge in [0.15, 0.2) is 0 Å². The Bertz CT molecular complexity index is 617. The molecule has 2 heterocycles. The molecule has 1 aromatic carbocycles. The molecule has 22 heavy (non-hydrogen) atoms. The van der Waals surface area contributed by atoms with E-state index in [1.807, 2.05) is 29.2 Å². The predicted molar refractivity (Wildman–Crippen MR) is 85.1 cm³/mol. The second kappa shape index (κ2) is 6.60. The maximum absolute atomic E-state index is 12.4. The van der Waals surface area contributed by atoms with E-state index in [0.29, 0.717) is 11.6 Å². The first-order chi connectivity index (χ1) is 10.8. The molecule has 1 amide bonds. The lowest BCUT2D eigenvalue weighted by atomic mass is 9.89. The molecule has 0 aliphatic carbocycles. The van der Waals surface area contributed by atoms with Crippen LogP contribution in [-0.4, -0.2) is 36.0 Å². The Morgan fingerprint density at radius 3 is 2.45 bits per heavy atom. The number of carbonyl (C=O) groups is 1. The Balaban J connectivity index is 1.61. The number of hydrogen-bond donors (Lipinski definition) is 0. The van der Waals surface area contributed by atoms with Gasteiger partial charge >= 0.3 is 0 Å². The van der Waals surface area contributed by atoms with Crippen LogP contribution in [0.25, 0.3) is 0 Å². The Morgan fingerprint density at radius 2 is 1.86 bits per heavy atom. The fraction of sp³-hybridized carbons (Fsp3) is 0.333. The van der Waals surface area contributed by atoms with Crippen molar-refractivity contribution < 1.29 is 9.53 Å². The Morgan fingerprint density at radius 1 is 1.14 bits per heavy atom. The molecule has 0 unspecified atom stereocenters. The summed E-state index contributed by atoms with van der Waals surface area (Å²) in [6, 6.07) is 13.7. The van der Waals surface area contributed by atoms with Gasteiger partial charge in [-0.05, 0) is 48.6 Å². The van der Waals surface area contributed by atoms with Gasteiger partial charge in [0.2, 0.25) is 0 Å². The molecule has 1 aliphatic rings. The van der Waals surface area contributed by atoms with E-state index >= 15 is 0 Å². The smallest absolute Gasteiger partial charge is 0.272 e. The van der Waals surface area contributed by atoms with Crippen LogP contribution in [0.3, 0.4) is 0 Å². The highest BCUT2D eigenvalue weighted by molar-refractivity contribution is 5.92. The number of carbonyl (C=O) groups excluding carboxylic acids is 1. The van der Waals surface area contributed by atoms with Crippen molar-refractivity contribution in [2.24, 2.45) is 0 Å². The zero-order valence-corrected chi connectivity index (χ0v) is 12.7. The van der Waals surface area contributed by atoms with Crippen molar-refractivity contribution in [1.82, 2.24) is 9.88 Å². The minimum atomic E-state index is 0.0359. The monoisotopic (exact) mass is 296 g/mol.